The number of ether oxygens (including phenoxy) is 4. The third-order valence-corrected chi connectivity index (χ3v) is 12.4. The fourth-order valence-corrected chi connectivity index (χ4v) is 9.37. The Morgan fingerprint density at radius 3 is 0.881 bits per heavy atom. The minimum atomic E-state index is -1.19. The number of hydrogen-bond donors (Lipinski definition) is 0. The normalized spacial score (nSPS) is 13.4. The minimum absolute atomic E-state index is 0.184. The molecule has 0 aliphatic carbocycles. The van der Waals surface area contributed by atoms with Gasteiger partial charge in [-0.05, 0) is 93.0 Å². The second kappa shape index (κ2) is 15.5. The van der Waals surface area contributed by atoms with Crippen LogP contribution in [0.5, 0.6) is 34.5 Å². The zero-order chi connectivity index (χ0) is 45.2. The Labute approximate surface area is 387 Å². The van der Waals surface area contributed by atoms with Gasteiger partial charge in [0.15, 0.2) is 34.5 Å². The summed E-state index contributed by atoms with van der Waals surface area (Å²) >= 11 is 0. The van der Waals surface area contributed by atoms with Gasteiger partial charge in [0.1, 0.15) is 23.3 Å². The lowest BCUT2D eigenvalue weighted by atomic mass is 9.96. The van der Waals surface area contributed by atoms with E-state index < -0.39 is 5.79 Å². The molecule has 0 aromatic heterocycles. The summed E-state index contributed by atoms with van der Waals surface area (Å²) in [6, 6.07) is 70.0. The molecule has 9 aromatic carbocycles. The average Bonchev–Trinajstić information content (AvgIpc) is 3.71. The van der Waals surface area contributed by atoms with Crippen LogP contribution in [0, 0.1) is 22.7 Å². The second-order valence-corrected chi connectivity index (χ2v) is 17.0. The van der Waals surface area contributed by atoms with Crippen LogP contribution >= 0.6 is 0 Å². The van der Waals surface area contributed by atoms with Crippen molar-refractivity contribution in [2.75, 3.05) is 9.80 Å². The molecule has 0 fully saturated rings. The van der Waals surface area contributed by atoms with Crippen molar-refractivity contribution in [3.8, 4) is 91.1 Å². The minimum Gasteiger partial charge on any atom is -0.453 e. The number of nitriles is 2. The Hall–Kier alpha value is -9.24. The van der Waals surface area contributed by atoms with Crippen molar-refractivity contribution in [2.24, 2.45) is 0 Å². The van der Waals surface area contributed by atoms with Crippen LogP contribution in [0.1, 0.15) is 25.0 Å². The molecule has 9 aromatic rings. The Bertz CT molecular complexity index is 3120. The van der Waals surface area contributed by atoms with Crippen molar-refractivity contribution >= 4 is 34.1 Å². The molecule has 12 rings (SSSR count). The Morgan fingerprint density at radius 1 is 0.358 bits per heavy atom. The van der Waals surface area contributed by atoms with E-state index in [1.807, 2.05) is 131 Å². The van der Waals surface area contributed by atoms with E-state index in [1.165, 1.54) is 0 Å². The van der Waals surface area contributed by atoms with Crippen molar-refractivity contribution in [1.29, 1.82) is 10.5 Å². The number of hydrogen-bond acceptors (Lipinski definition) is 8. The van der Waals surface area contributed by atoms with Gasteiger partial charge in [-0.15, -0.1) is 0 Å². The predicted octanol–water partition coefficient (Wildman–Crippen LogP) is 15.8. The number of fused-ring (bicyclic) bond motifs is 5. The van der Waals surface area contributed by atoms with Crippen LogP contribution in [0.25, 0.3) is 44.5 Å². The first-order chi connectivity index (χ1) is 32.9. The molecule has 8 nitrogen and oxygen atoms in total. The smallest absolute Gasteiger partial charge is 0.246 e. The topological polar surface area (TPSA) is 91.0 Å². The lowest BCUT2D eigenvalue weighted by molar-refractivity contribution is -0.0433. The predicted molar refractivity (Wildman–Crippen MR) is 262 cm³/mol. The van der Waals surface area contributed by atoms with Crippen LogP contribution in [-0.4, -0.2) is 5.79 Å². The van der Waals surface area contributed by atoms with Crippen LogP contribution < -0.4 is 28.7 Å². The van der Waals surface area contributed by atoms with E-state index in [1.54, 1.807) is 13.8 Å². The molecule has 8 heteroatoms. The van der Waals surface area contributed by atoms with Gasteiger partial charge in [-0.2, -0.15) is 10.5 Å². The van der Waals surface area contributed by atoms with Crippen LogP contribution in [0.3, 0.4) is 0 Å². The van der Waals surface area contributed by atoms with Crippen molar-refractivity contribution < 1.29 is 18.9 Å². The maximum Gasteiger partial charge on any atom is 0.246 e. The number of benzene rings is 9. The summed E-state index contributed by atoms with van der Waals surface area (Å²) in [5.74, 6) is 1.43. The van der Waals surface area contributed by atoms with Gasteiger partial charge in [-0.25, -0.2) is 0 Å². The van der Waals surface area contributed by atoms with Gasteiger partial charge in [0, 0.05) is 13.8 Å². The highest BCUT2D eigenvalue weighted by Gasteiger charge is 2.45. The molecule has 0 amide bonds. The van der Waals surface area contributed by atoms with E-state index in [4.69, 9.17) is 18.9 Å². The SMILES string of the molecule is CC1(C)Oc2c(C#N)c(N3c4ccc(-c5ccccc5)cc4Oc4cc(-c5ccccc5)ccc43)c(N3c4ccc(-c5ccccc5)cc4Oc4cc(-c5ccccc5)ccc43)c(C#N)c2O1. The molecule has 0 unspecified atom stereocenters. The maximum absolute atomic E-state index is 11.6. The average molecular weight is 867 g/mol. The summed E-state index contributed by atoms with van der Waals surface area (Å²) in [5.41, 5.74) is 11.7. The Morgan fingerprint density at radius 2 is 0.627 bits per heavy atom. The highest BCUT2D eigenvalue weighted by Crippen LogP contribution is 2.64. The molecule has 0 spiro atoms. The monoisotopic (exact) mass is 866 g/mol. The van der Waals surface area contributed by atoms with E-state index in [0.29, 0.717) is 57.1 Å². The lowest BCUT2D eigenvalue weighted by Gasteiger charge is -2.39. The summed E-state index contributed by atoms with van der Waals surface area (Å²) in [6.45, 7) is 3.56. The van der Waals surface area contributed by atoms with Crippen molar-refractivity contribution in [1.82, 2.24) is 0 Å². The van der Waals surface area contributed by atoms with Gasteiger partial charge in [0.05, 0.1) is 34.1 Å². The summed E-state index contributed by atoms with van der Waals surface area (Å²) in [4.78, 5) is 4.07. The molecule has 0 saturated heterocycles. The lowest BCUT2D eigenvalue weighted by Crippen LogP contribution is -2.30. The number of rotatable bonds is 6. The van der Waals surface area contributed by atoms with Crippen LogP contribution in [0.15, 0.2) is 194 Å². The van der Waals surface area contributed by atoms with Crippen LogP contribution in [-0.2, 0) is 0 Å². The fourth-order valence-electron chi connectivity index (χ4n) is 9.37. The standard InChI is InChI=1S/C59H38N4O4/c1-59(2)66-57-45(35-60)55(62-47-27-23-41(37-15-7-3-8-16-37)31-51(47)64-52-32-42(24-28-48(52)62)38-17-9-4-10-18-38)56(46(36-61)58(57)67-59)63-49-29-25-43(39-19-11-5-12-20-39)33-53(49)65-54-34-44(26-30-50(54)63)40-21-13-6-14-22-40/h3-34H,1-2H3. The van der Waals surface area contributed by atoms with Gasteiger partial charge >= 0.3 is 0 Å². The van der Waals surface area contributed by atoms with E-state index in [2.05, 4.69) is 84.9 Å². The second-order valence-electron chi connectivity index (χ2n) is 17.0. The summed E-state index contributed by atoms with van der Waals surface area (Å²) in [5, 5.41) is 23.2. The quantitative estimate of drug-likeness (QED) is 0.163. The molecule has 0 radical (unpaired) electrons. The summed E-state index contributed by atoms with van der Waals surface area (Å²) < 4.78 is 26.9. The third-order valence-electron chi connectivity index (χ3n) is 12.4. The molecule has 3 heterocycles. The number of anilines is 6. The first-order valence-electron chi connectivity index (χ1n) is 22.0. The molecule has 0 N–H and O–H groups in total. The molecular formula is C59H38N4O4. The molecule has 318 valence electrons. The molecule has 0 atom stereocenters. The Balaban J connectivity index is 1.17. The Kier molecular flexibility index (Phi) is 9.10. The van der Waals surface area contributed by atoms with Gasteiger partial charge in [0.25, 0.3) is 0 Å². The van der Waals surface area contributed by atoms with E-state index in [9.17, 15) is 10.5 Å². The summed E-state index contributed by atoms with van der Waals surface area (Å²) in [6.07, 6.45) is 0. The van der Waals surface area contributed by atoms with Crippen molar-refractivity contribution in [2.45, 2.75) is 19.6 Å². The molecule has 3 aliphatic heterocycles. The third kappa shape index (κ3) is 6.59. The van der Waals surface area contributed by atoms with Crippen molar-refractivity contribution in [3.05, 3.63) is 205 Å². The van der Waals surface area contributed by atoms with Crippen LogP contribution in [0.4, 0.5) is 34.1 Å². The highest BCUT2D eigenvalue weighted by atomic mass is 16.7. The first kappa shape index (κ1) is 39.4. The van der Waals surface area contributed by atoms with E-state index in [-0.39, 0.29) is 22.6 Å². The zero-order valence-electron chi connectivity index (χ0n) is 36.4. The largest absolute Gasteiger partial charge is 0.453 e. The maximum atomic E-state index is 11.6. The molecule has 3 aliphatic rings. The van der Waals surface area contributed by atoms with Crippen LogP contribution in [0.2, 0.25) is 0 Å². The van der Waals surface area contributed by atoms with Gasteiger partial charge in [-0.1, -0.05) is 146 Å². The first-order valence-corrected chi connectivity index (χ1v) is 22.0. The molecule has 67 heavy (non-hydrogen) atoms. The zero-order valence-corrected chi connectivity index (χ0v) is 36.4. The van der Waals surface area contributed by atoms with E-state index in [0.717, 1.165) is 44.5 Å². The van der Waals surface area contributed by atoms with Crippen molar-refractivity contribution in [3.63, 3.8) is 0 Å². The highest BCUT2D eigenvalue weighted by molar-refractivity contribution is 6.04. The van der Waals surface area contributed by atoms with Gasteiger partial charge < -0.3 is 18.9 Å². The fraction of sp³-hybridized carbons (Fsp3) is 0.0508. The summed E-state index contributed by atoms with van der Waals surface area (Å²) in [7, 11) is 0. The molecule has 0 saturated carbocycles. The van der Waals surface area contributed by atoms with E-state index >= 15 is 0 Å². The van der Waals surface area contributed by atoms with Gasteiger partial charge in [-0.3, -0.25) is 9.80 Å². The number of nitrogens with zero attached hydrogens (tertiary/aromatic N) is 4. The van der Waals surface area contributed by atoms with Gasteiger partial charge in [0.2, 0.25) is 5.79 Å². The molecular weight excluding hydrogens is 829 g/mol. The molecule has 0 bridgehead atoms.